The number of rotatable bonds is 19. The molecule has 4 atom stereocenters. The van der Waals surface area contributed by atoms with Gasteiger partial charge in [-0.25, -0.2) is 0 Å². The first-order valence-corrected chi connectivity index (χ1v) is 15.6. The number of carbonyl (C=O) groups is 4. The minimum Gasteiger partial charge on any atom is -0.396 e. The Hall–Kier alpha value is -2.54. The Morgan fingerprint density at radius 3 is 1.80 bits per heavy atom. The van der Waals surface area contributed by atoms with E-state index in [9.17, 15) is 24.3 Å². The molecule has 1 aliphatic rings. The highest BCUT2D eigenvalue weighted by Crippen LogP contribution is 2.47. The minimum atomic E-state index is -0.979. The van der Waals surface area contributed by atoms with Crippen LogP contribution in [0.5, 0.6) is 0 Å². The maximum atomic E-state index is 13.5. The molecule has 0 aliphatic heterocycles. The van der Waals surface area contributed by atoms with Gasteiger partial charge in [-0.05, 0) is 68.3 Å². The Morgan fingerprint density at radius 1 is 0.780 bits per heavy atom. The number of Topliss-reactive ketones (excluding diaryl/α,β-unsaturated/α-hetero) is 2. The summed E-state index contributed by atoms with van der Waals surface area (Å²) in [6.07, 6.45) is 4.57. The lowest BCUT2D eigenvalue weighted by molar-refractivity contribution is -0.136. The van der Waals surface area contributed by atoms with Crippen molar-refractivity contribution in [3.05, 3.63) is 35.9 Å². The first-order valence-electron chi connectivity index (χ1n) is 15.6. The van der Waals surface area contributed by atoms with Gasteiger partial charge in [0, 0.05) is 17.8 Å². The lowest BCUT2D eigenvalue weighted by Gasteiger charge is -2.27. The third kappa shape index (κ3) is 11.7. The summed E-state index contributed by atoms with van der Waals surface area (Å²) in [4.78, 5) is 53.3. The number of amides is 2. The Morgan fingerprint density at radius 2 is 1.29 bits per heavy atom. The molecule has 41 heavy (non-hydrogen) atoms. The van der Waals surface area contributed by atoms with E-state index in [2.05, 4.69) is 36.6 Å². The van der Waals surface area contributed by atoms with Gasteiger partial charge in [-0.2, -0.15) is 0 Å². The smallest absolute Gasteiger partial charge is 0.226 e. The van der Waals surface area contributed by atoms with Crippen LogP contribution in [-0.2, 0) is 25.6 Å². The van der Waals surface area contributed by atoms with E-state index in [4.69, 9.17) is 0 Å². The van der Waals surface area contributed by atoms with Crippen molar-refractivity contribution in [2.75, 3.05) is 6.61 Å². The monoisotopic (exact) mass is 570 g/mol. The summed E-state index contributed by atoms with van der Waals surface area (Å²) < 4.78 is 0. The normalized spacial score (nSPS) is 17.1. The zero-order chi connectivity index (χ0) is 30.7. The topological polar surface area (TPSA) is 113 Å². The highest BCUT2D eigenvalue weighted by Gasteiger charge is 2.48. The van der Waals surface area contributed by atoms with E-state index in [0.717, 1.165) is 19.3 Å². The lowest BCUT2D eigenvalue weighted by Crippen LogP contribution is -2.49. The first-order chi connectivity index (χ1) is 19.2. The van der Waals surface area contributed by atoms with Gasteiger partial charge in [-0.1, -0.05) is 78.8 Å². The number of aryl methyl sites for hydroxylation is 1. The average Bonchev–Trinajstić information content (AvgIpc) is 3.66. The first kappa shape index (κ1) is 34.7. The number of carbonyl (C=O) groups excluding carboxylic acids is 4. The van der Waals surface area contributed by atoms with Crippen molar-refractivity contribution in [1.82, 2.24) is 10.6 Å². The molecule has 3 N–H and O–H groups in total. The van der Waals surface area contributed by atoms with Crippen LogP contribution in [0.15, 0.2) is 30.3 Å². The molecule has 0 unspecified atom stereocenters. The van der Waals surface area contributed by atoms with Crippen LogP contribution < -0.4 is 10.6 Å². The SMILES string of the molecule is CC(C)C[C@@H](CCc1ccccc1)C(=O)N[C@@H](CC(C)C)C(=O)C[C@@H](CO)C(=O)N[C@@H](CC(C)C)C(=O)C1(C)CC1. The molecule has 7 heteroatoms. The fourth-order valence-electron chi connectivity index (χ4n) is 5.41. The fraction of sp³-hybridized carbons (Fsp3) is 0.706. The molecule has 0 aromatic heterocycles. The van der Waals surface area contributed by atoms with Crippen LogP contribution in [0, 0.1) is 35.0 Å². The second-order valence-electron chi connectivity index (χ2n) is 13.7. The van der Waals surface area contributed by atoms with Crippen LogP contribution in [0.25, 0.3) is 0 Å². The molecule has 7 nitrogen and oxygen atoms in total. The van der Waals surface area contributed by atoms with E-state index < -0.39 is 35.9 Å². The van der Waals surface area contributed by atoms with E-state index in [1.165, 1.54) is 5.56 Å². The number of hydrogen-bond acceptors (Lipinski definition) is 5. The van der Waals surface area contributed by atoms with Crippen molar-refractivity contribution in [2.45, 2.75) is 112 Å². The Bertz CT molecular complexity index is 1000. The number of nitrogens with one attached hydrogen (secondary N) is 2. The highest BCUT2D eigenvalue weighted by atomic mass is 16.3. The molecule has 2 amide bonds. The van der Waals surface area contributed by atoms with Crippen molar-refractivity contribution in [1.29, 1.82) is 0 Å². The Kier molecular flexibility index (Phi) is 13.7. The van der Waals surface area contributed by atoms with E-state index in [0.29, 0.717) is 31.6 Å². The summed E-state index contributed by atoms with van der Waals surface area (Å²) in [6, 6.07) is 8.69. The maximum absolute atomic E-state index is 13.5. The number of ketones is 2. The minimum absolute atomic E-state index is 0.0270. The van der Waals surface area contributed by atoms with Crippen LogP contribution in [0.3, 0.4) is 0 Å². The number of hydrogen-bond donors (Lipinski definition) is 3. The summed E-state index contributed by atoms with van der Waals surface area (Å²) in [7, 11) is 0. The van der Waals surface area contributed by atoms with Crippen molar-refractivity contribution in [2.24, 2.45) is 35.0 Å². The molecule has 0 radical (unpaired) electrons. The predicted molar refractivity (Wildman–Crippen MR) is 163 cm³/mol. The molecule has 1 saturated carbocycles. The van der Waals surface area contributed by atoms with E-state index in [-0.39, 0.29) is 41.6 Å². The molecule has 0 spiro atoms. The van der Waals surface area contributed by atoms with Crippen LogP contribution in [0.1, 0.15) is 99.0 Å². The van der Waals surface area contributed by atoms with Crippen molar-refractivity contribution in [3.63, 3.8) is 0 Å². The maximum Gasteiger partial charge on any atom is 0.226 e. The molecule has 2 rings (SSSR count). The quantitative estimate of drug-likeness (QED) is 0.210. The summed E-state index contributed by atoms with van der Waals surface area (Å²) in [5.74, 6) is -1.42. The summed E-state index contributed by atoms with van der Waals surface area (Å²) in [6.45, 7) is 13.6. The van der Waals surface area contributed by atoms with Crippen LogP contribution in [-0.4, -0.2) is 47.2 Å². The molecule has 1 fully saturated rings. The van der Waals surface area contributed by atoms with Gasteiger partial charge in [0.2, 0.25) is 11.8 Å². The third-order valence-electron chi connectivity index (χ3n) is 8.14. The lowest BCUT2D eigenvalue weighted by atomic mass is 9.88. The van der Waals surface area contributed by atoms with Gasteiger partial charge in [0.1, 0.15) is 0 Å². The molecule has 1 aromatic rings. The van der Waals surface area contributed by atoms with E-state index in [1.807, 2.05) is 52.8 Å². The van der Waals surface area contributed by atoms with Gasteiger partial charge in [-0.3, -0.25) is 19.2 Å². The van der Waals surface area contributed by atoms with Crippen LogP contribution >= 0.6 is 0 Å². The molecule has 0 saturated heterocycles. The van der Waals surface area contributed by atoms with Gasteiger partial charge in [0.05, 0.1) is 24.6 Å². The number of aliphatic hydroxyl groups is 1. The van der Waals surface area contributed by atoms with Crippen LogP contribution in [0.2, 0.25) is 0 Å². The molecular formula is C34H54N2O5. The van der Waals surface area contributed by atoms with Gasteiger partial charge in [0.15, 0.2) is 11.6 Å². The highest BCUT2D eigenvalue weighted by molar-refractivity contribution is 5.97. The fourth-order valence-corrected chi connectivity index (χ4v) is 5.41. The van der Waals surface area contributed by atoms with Gasteiger partial charge >= 0.3 is 0 Å². The molecule has 1 aromatic carbocycles. The largest absolute Gasteiger partial charge is 0.396 e. The van der Waals surface area contributed by atoms with Crippen molar-refractivity contribution >= 4 is 23.4 Å². The predicted octanol–water partition coefficient (Wildman–Crippen LogP) is 5.28. The molecule has 0 bridgehead atoms. The molecular weight excluding hydrogens is 516 g/mol. The molecule has 230 valence electrons. The average molecular weight is 571 g/mol. The summed E-state index contributed by atoms with van der Waals surface area (Å²) in [5, 5.41) is 15.9. The molecule has 0 heterocycles. The van der Waals surface area contributed by atoms with E-state index in [1.54, 1.807) is 0 Å². The van der Waals surface area contributed by atoms with Gasteiger partial charge in [0.25, 0.3) is 0 Å². The van der Waals surface area contributed by atoms with E-state index >= 15 is 0 Å². The van der Waals surface area contributed by atoms with Gasteiger partial charge < -0.3 is 15.7 Å². The zero-order valence-electron chi connectivity index (χ0n) is 26.4. The second-order valence-corrected chi connectivity index (χ2v) is 13.7. The Balaban J connectivity index is 2.10. The molecule has 1 aliphatic carbocycles. The second kappa shape index (κ2) is 16.2. The summed E-state index contributed by atoms with van der Waals surface area (Å²) in [5.41, 5.74) is 0.780. The van der Waals surface area contributed by atoms with Crippen LogP contribution in [0.4, 0.5) is 0 Å². The Labute approximate surface area is 247 Å². The number of aliphatic hydroxyl groups excluding tert-OH is 1. The third-order valence-corrected chi connectivity index (χ3v) is 8.14. The van der Waals surface area contributed by atoms with Crippen molar-refractivity contribution in [3.8, 4) is 0 Å². The zero-order valence-corrected chi connectivity index (χ0v) is 26.4. The summed E-state index contributed by atoms with van der Waals surface area (Å²) >= 11 is 0. The standard InChI is InChI=1S/C34H54N2O5/c1-22(2)17-26(14-13-25-11-9-8-10-12-25)32(40)35-28(18-23(3)4)30(38)20-27(21-37)33(41)36-29(19-24(5)6)31(39)34(7)15-16-34/h8-12,22-24,26-29,37H,13-21H2,1-7H3,(H,35,40)(H,36,41)/t26-,27+,28+,29+/m1/s1. The number of benzene rings is 1. The van der Waals surface area contributed by atoms with Crippen molar-refractivity contribution < 1.29 is 24.3 Å². The van der Waals surface area contributed by atoms with Gasteiger partial charge in [-0.15, -0.1) is 0 Å².